The Kier molecular flexibility index (Phi) is 6.58. The van der Waals surface area contributed by atoms with E-state index in [1.54, 1.807) is 20.1 Å². The summed E-state index contributed by atoms with van der Waals surface area (Å²) in [5.74, 6) is 0.320. The maximum absolute atomic E-state index is 11.7. The zero-order valence-electron chi connectivity index (χ0n) is 9.39. The Hall–Kier alpha value is 0.0200. The van der Waals surface area contributed by atoms with Crippen molar-refractivity contribution in [1.82, 2.24) is 4.72 Å². The first-order valence-corrected chi connectivity index (χ1v) is 8.12. The van der Waals surface area contributed by atoms with E-state index >= 15 is 0 Å². The molecule has 7 heteroatoms. The molecule has 0 aromatic carbocycles. The van der Waals surface area contributed by atoms with Crippen LogP contribution in [-0.2, 0) is 20.8 Å². The van der Waals surface area contributed by atoms with Gasteiger partial charge < -0.3 is 5.73 Å². The number of nitrogens with one attached hydrogen (secondary N) is 1. The smallest absolute Gasteiger partial charge is 0.215 e. The lowest BCUT2D eigenvalue weighted by molar-refractivity contribution is 0.550. The summed E-state index contributed by atoms with van der Waals surface area (Å²) in [7, 11) is -4.38. The highest BCUT2D eigenvalue weighted by Gasteiger charge is 2.24. The molecule has 0 heterocycles. The lowest BCUT2D eigenvalue weighted by Gasteiger charge is -2.18. The highest BCUT2D eigenvalue weighted by molar-refractivity contribution is 7.90. The summed E-state index contributed by atoms with van der Waals surface area (Å²) in [6, 6.07) is -0.318. The van der Waals surface area contributed by atoms with Gasteiger partial charge in [-0.3, -0.25) is 4.21 Å². The molecule has 0 aliphatic rings. The van der Waals surface area contributed by atoms with Crippen LogP contribution in [0.3, 0.4) is 0 Å². The van der Waals surface area contributed by atoms with Crippen LogP contribution in [0.4, 0.5) is 0 Å². The molecule has 0 fully saturated rings. The van der Waals surface area contributed by atoms with Crippen LogP contribution in [0.15, 0.2) is 0 Å². The van der Waals surface area contributed by atoms with Crippen molar-refractivity contribution in [2.45, 2.75) is 31.6 Å². The van der Waals surface area contributed by atoms with Gasteiger partial charge in [0.1, 0.15) is 0 Å². The second-order valence-electron chi connectivity index (χ2n) is 3.57. The first-order valence-electron chi connectivity index (χ1n) is 4.84. The molecule has 15 heavy (non-hydrogen) atoms. The second-order valence-corrected chi connectivity index (χ2v) is 7.04. The van der Waals surface area contributed by atoms with Crippen molar-refractivity contribution in [3.63, 3.8) is 0 Å². The molecule has 3 N–H and O–H groups in total. The summed E-state index contributed by atoms with van der Waals surface area (Å²) in [6.07, 6.45) is 2.03. The van der Waals surface area contributed by atoms with Gasteiger partial charge in [0, 0.05) is 35.4 Å². The van der Waals surface area contributed by atoms with Crippen LogP contribution in [0.2, 0.25) is 0 Å². The Bertz CT molecular complexity index is 299. The molecule has 0 aliphatic heterocycles. The van der Waals surface area contributed by atoms with E-state index in [9.17, 15) is 12.6 Å². The van der Waals surface area contributed by atoms with Gasteiger partial charge in [0.2, 0.25) is 10.0 Å². The average Bonchev–Trinajstić information content (AvgIpc) is 2.02. The number of hydrogen-bond acceptors (Lipinski definition) is 4. The minimum atomic E-state index is -3.38. The first kappa shape index (κ1) is 15.0. The summed E-state index contributed by atoms with van der Waals surface area (Å²) in [6.45, 7) is 3.58. The molecular formula is C8H20N2O3S2. The normalized spacial score (nSPS) is 18.4. The van der Waals surface area contributed by atoms with Crippen LogP contribution >= 0.6 is 0 Å². The van der Waals surface area contributed by atoms with Gasteiger partial charge in [-0.15, -0.1) is 0 Å². The molecule has 0 aromatic rings. The van der Waals surface area contributed by atoms with Crippen molar-refractivity contribution in [3.8, 4) is 0 Å². The van der Waals surface area contributed by atoms with E-state index in [4.69, 9.17) is 5.73 Å². The quantitative estimate of drug-likeness (QED) is 0.637. The third-order valence-electron chi connectivity index (χ3n) is 2.01. The van der Waals surface area contributed by atoms with Crippen LogP contribution in [0.1, 0.15) is 20.3 Å². The third kappa shape index (κ3) is 5.60. The van der Waals surface area contributed by atoms with E-state index in [-0.39, 0.29) is 12.6 Å². The van der Waals surface area contributed by atoms with Crippen molar-refractivity contribution in [2.75, 3.05) is 18.6 Å². The van der Waals surface area contributed by atoms with Gasteiger partial charge >= 0.3 is 0 Å². The van der Waals surface area contributed by atoms with Crippen LogP contribution < -0.4 is 10.5 Å². The van der Waals surface area contributed by atoms with E-state index < -0.39 is 26.1 Å². The van der Waals surface area contributed by atoms with E-state index in [0.717, 1.165) is 0 Å². The topological polar surface area (TPSA) is 89.3 Å². The second kappa shape index (κ2) is 6.57. The average molecular weight is 256 g/mol. The molecule has 0 aliphatic carbocycles. The molecular weight excluding hydrogens is 236 g/mol. The van der Waals surface area contributed by atoms with E-state index in [2.05, 4.69) is 4.72 Å². The summed E-state index contributed by atoms with van der Waals surface area (Å²) < 4.78 is 36.8. The van der Waals surface area contributed by atoms with E-state index in [0.29, 0.717) is 12.2 Å². The van der Waals surface area contributed by atoms with Crippen molar-refractivity contribution in [1.29, 1.82) is 0 Å². The van der Waals surface area contributed by atoms with Crippen LogP contribution in [0.5, 0.6) is 0 Å². The molecule has 0 aromatic heterocycles. The number of sulfonamides is 1. The number of hydrogen-bond donors (Lipinski definition) is 2. The molecule has 5 nitrogen and oxygen atoms in total. The first-order chi connectivity index (χ1) is 6.83. The van der Waals surface area contributed by atoms with Gasteiger partial charge in [-0.05, 0) is 13.3 Å². The summed E-state index contributed by atoms with van der Waals surface area (Å²) in [5, 5.41) is -0.565. The molecule has 0 radical (unpaired) electrons. The molecule has 0 bridgehead atoms. The Morgan fingerprint density at radius 3 is 2.33 bits per heavy atom. The summed E-state index contributed by atoms with van der Waals surface area (Å²) in [4.78, 5) is 0. The highest BCUT2D eigenvalue weighted by Crippen LogP contribution is 2.03. The molecule has 0 rings (SSSR count). The molecule has 0 spiro atoms. The van der Waals surface area contributed by atoms with Gasteiger partial charge in [0.25, 0.3) is 0 Å². The predicted molar refractivity (Wildman–Crippen MR) is 63.6 cm³/mol. The summed E-state index contributed by atoms with van der Waals surface area (Å²) >= 11 is 0. The lowest BCUT2D eigenvalue weighted by Crippen LogP contribution is -2.44. The van der Waals surface area contributed by atoms with Crippen molar-refractivity contribution in [2.24, 2.45) is 5.73 Å². The third-order valence-corrected chi connectivity index (χ3v) is 5.11. The fraction of sp³-hybridized carbons (Fsp3) is 1.00. The van der Waals surface area contributed by atoms with Crippen LogP contribution in [-0.4, -0.2) is 42.5 Å². The Labute approximate surface area is 94.3 Å². The zero-order chi connectivity index (χ0) is 12.1. The minimum absolute atomic E-state index is 0.105. The lowest BCUT2D eigenvalue weighted by atomic mass is 10.3. The molecule has 92 valence electrons. The predicted octanol–water partition coefficient (Wildman–Crippen LogP) is -0.590. The molecule has 0 saturated heterocycles. The molecule has 0 saturated carbocycles. The van der Waals surface area contributed by atoms with Crippen LogP contribution in [0, 0.1) is 0 Å². The zero-order valence-corrected chi connectivity index (χ0v) is 11.0. The molecule has 3 unspecified atom stereocenters. The fourth-order valence-corrected chi connectivity index (χ4v) is 3.70. The van der Waals surface area contributed by atoms with Gasteiger partial charge in [-0.1, -0.05) is 6.92 Å². The monoisotopic (exact) mass is 256 g/mol. The van der Waals surface area contributed by atoms with Crippen molar-refractivity contribution >= 4 is 20.8 Å². The fourth-order valence-electron chi connectivity index (χ4n) is 1.28. The minimum Gasteiger partial charge on any atom is -0.329 e. The number of rotatable bonds is 7. The largest absolute Gasteiger partial charge is 0.329 e. The Morgan fingerprint density at radius 1 is 1.47 bits per heavy atom. The molecule has 0 amide bonds. The summed E-state index contributed by atoms with van der Waals surface area (Å²) in [5.41, 5.74) is 5.37. The standard InChI is InChI=1S/C8H20N2O3S2/c1-4-8(5-9)15(12,13)10-7(2)6-14(3)11/h7-8,10H,4-6,9H2,1-3H3. The van der Waals surface area contributed by atoms with Crippen molar-refractivity contribution < 1.29 is 12.6 Å². The van der Waals surface area contributed by atoms with Gasteiger partial charge in [0.05, 0.1) is 5.25 Å². The van der Waals surface area contributed by atoms with Crippen LogP contribution in [0.25, 0.3) is 0 Å². The maximum atomic E-state index is 11.7. The maximum Gasteiger partial charge on any atom is 0.215 e. The number of nitrogens with two attached hydrogens (primary N) is 1. The Balaban J connectivity index is 4.43. The highest BCUT2D eigenvalue weighted by atomic mass is 32.2. The van der Waals surface area contributed by atoms with Gasteiger partial charge in [0.15, 0.2) is 0 Å². The molecule has 3 atom stereocenters. The van der Waals surface area contributed by atoms with Gasteiger partial charge in [-0.2, -0.15) is 0 Å². The Morgan fingerprint density at radius 2 is 2.00 bits per heavy atom. The van der Waals surface area contributed by atoms with Gasteiger partial charge in [-0.25, -0.2) is 13.1 Å². The van der Waals surface area contributed by atoms with E-state index in [1.165, 1.54) is 0 Å². The van der Waals surface area contributed by atoms with Crippen molar-refractivity contribution in [3.05, 3.63) is 0 Å². The van der Waals surface area contributed by atoms with E-state index in [1.807, 2.05) is 0 Å². The SMILES string of the molecule is CCC(CN)S(=O)(=O)NC(C)CS(C)=O.